The lowest BCUT2D eigenvalue weighted by molar-refractivity contribution is 0.0750. The molecule has 1 N–H and O–H groups in total. The first-order valence-electron chi connectivity index (χ1n) is 11.3. The Hall–Kier alpha value is -2.08. The van der Waals surface area contributed by atoms with E-state index in [-0.39, 0.29) is 23.7 Å². The third kappa shape index (κ3) is 9.19. The Morgan fingerprint density at radius 2 is 1.44 bits per heavy atom. The van der Waals surface area contributed by atoms with Crippen LogP contribution in [-0.2, 0) is 10.0 Å². The molecular weight excluding hydrogens is 422 g/mol. The summed E-state index contributed by atoms with van der Waals surface area (Å²) in [6.07, 6.45) is 4.74. The third-order valence-corrected chi connectivity index (χ3v) is 6.45. The van der Waals surface area contributed by atoms with E-state index >= 15 is 0 Å². The molecule has 5 heteroatoms. The molecule has 0 spiro atoms. The Morgan fingerprint density at radius 3 is 1.97 bits per heavy atom. The Labute approximate surface area is 194 Å². The van der Waals surface area contributed by atoms with Gasteiger partial charge in [-0.1, -0.05) is 87.5 Å². The molecule has 0 unspecified atom stereocenters. The van der Waals surface area contributed by atoms with Gasteiger partial charge in [-0.3, -0.25) is 0 Å². The van der Waals surface area contributed by atoms with E-state index in [1.54, 1.807) is 24.3 Å². The summed E-state index contributed by atoms with van der Waals surface area (Å²) >= 11 is 0. The first kappa shape index (κ1) is 26.2. The van der Waals surface area contributed by atoms with Gasteiger partial charge in [0.1, 0.15) is 5.60 Å². The van der Waals surface area contributed by atoms with E-state index in [0.717, 1.165) is 19.4 Å². The molecule has 0 radical (unpaired) electrons. The lowest BCUT2D eigenvalue weighted by Crippen LogP contribution is -2.27. The molecule has 2 aromatic carbocycles. The minimum Gasteiger partial charge on any atom is -0.423 e. The van der Waals surface area contributed by atoms with Gasteiger partial charge in [0.15, 0.2) is 9.76 Å². The second kappa shape index (κ2) is 12.8. The fourth-order valence-corrected chi connectivity index (χ4v) is 4.35. The Kier molecular flexibility index (Phi) is 10.5. The van der Waals surface area contributed by atoms with E-state index in [0.29, 0.717) is 17.5 Å². The molecule has 0 aliphatic rings. The molecule has 174 valence electrons. The van der Waals surface area contributed by atoms with Gasteiger partial charge in [-0.2, -0.15) is 0 Å². The van der Waals surface area contributed by atoms with Crippen LogP contribution in [0.5, 0.6) is 0 Å². The molecular formula is C27H36F2O2Si. The number of unbranched alkanes of at least 4 members (excludes halogenated alkanes) is 2. The second-order valence-electron chi connectivity index (χ2n) is 9.38. The molecule has 2 rings (SSSR count). The van der Waals surface area contributed by atoms with Gasteiger partial charge in [-0.05, 0) is 41.5 Å². The van der Waals surface area contributed by atoms with Gasteiger partial charge in [0, 0.05) is 19.4 Å². The molecule has 0 saturated heterocycles. The normalized spacial score (nSPS) is 13.8. The summed E-state index contributed by atoms with van der Waals surface area (Å²) in [5.41, 5.74) is -0.315. The molecule has 2 nitrogen and oxygen atoms in total. The quantitative estimate of drug-likeness (QED) is 0.277. The van der Waals surface area contributed by atoms with Gasteiger partial charge in [-0.25, -0.2) is 8.78 Å². The van der Waals surface area contributed by atoms with E-state index in [1.165, 1.54) is 12.2 Å². The van der Waals surface area contributed by atoms with E-state index in [2.05, 4.69) is 20.8 Å². The molecule has 0 aliphatic carbocycles. The summed E-state index contributed by atoms with van der Waals surface area (Å²) in [5.74, 6) is -0.891. The van der Waals surface area contributed by atoms with Crippen LogP contribution < -0.4 is 0 Å². The van der Waals surface area contributed by atoms with Gasteiger partial charge < -0.3 is 9.53 Å². The predicted molar refractivity (Wildman–Crippen MR) is 132 cm³/mol. The van der Waals surface area contributed by atoms with E-state index in [9.17, 15) is 13.9 Å². The topological polar surface area (TPSA) is 29.5 Å². The molecule has 32 heavy (non-hydrogen) atoms. The molecule has 0 aliphatic heterocycles. The maximum atomic E-state index is 14.7. The van der Waals surface area contributed by atoms with Crippen LogP contribution in [-0.4, -0.2) is 21.5 Å². The van der Waals surface area contributed by atoms with Crippen molar-refractivity contribution in [2.45, 2.75) is 63.5 Å². The summed E-state index contributed by atoms with van der Waals surface area (Å²) in [4.78, 5) is 0. The van der Waals surface area contributed by atoms with Crippen molar-refractivity contribution in [3.05, 3.63) is 95.6 Å². The molecule has 0 heterocycles. The van der Waals surface area contributed by atoms with Crippen molar-refractivity contribution in [3.8, 4) is 0 Å². The van der Waals surface area contributed by atoms with E-state index in [4.69, 9.17) is 4.43 Å². The van der Waals surface area contributed by atoms with Gasteiger partial charge in [-0.15, -0.1) is 0 Å². The number of halogens is 2. The molecule has 0 bridgehead atoms. The highest BCUT2D eigenvalue weighted by atomic mass is 28.2. The fraction of sp³-hybridized carbons (Fsp3) is 0.407. The van der Waals surface area contributed by atoms with Gasteiger partial charge in [0.2, 0.25) is 0 Å². The van der Waals surface area contributed by atoms with Crippen molar-refractivity contribution < 1.29 is 18.3 Å². The Morgan fingerprint density at radius 1 is 0.875 bits per heavy atom. The van der Waals surface area contributed by atoms with Crippen LogP contribution in [0.4, 0.5) is 8.78 Å². The van der Waals surface area contributed by atoms with Crippen LogP contribution in [0.15, 0.2) is 84.5 Å². The fourth-order valence-electron chi connectivity index (χ4n) is 3.39. The first-order valence-corrected chi connectivity index (χ1v) is 12.6. The Bertz CT molecular complexity index is 819. The second-order valence-corrected chi connectivity index (χ2v) is 12.2. The zero-order chi connectivity index (χ0) is 23.5. The first-order chi connectivity index (χ1) is 15.2. The molecule has 0 saturated carbocycles. The van der Waals surface area contributed by atoms with Crippen molar-refractivity contribution in [3.63, 3.8) is 0 Å². The number of hydrogen-bond donors (Lipinski definition) is 1. The number of benzene rings is 2. The maximum Gasteiger partial charge on any atom is 0.166 e. The van der Waals surface area contributed by atoms with Crippen LogP contribution >= 0.6 is 0 Å². The molecule has 0 fully saturated rings. The van der Waals surface area contributed by atoms with Crippen LogP contribution in [0.25, 0.3) is 0 Å². The highest BCUT2D eigenvalue weighted by molar-refractivity contribution is 6.31. The largest absolute Gasteiger partial charge is 0.423 e. The third-order valence-electron chi connectivity index (χ3n) is 5.09. The number of hydrogen-bond acceptors (Lipinski definition) is 2. The van der Waals surface area contributed by atoms with Crippen molar-refractivity contribution in [2.75, 3.05) is 6.61 Å². The summed E-state index contributed by atoms with van der Waals surface area (Å²) in [6.45, 7) is 7.28. The highest BCUT2D eigenvalue weighted by Gasteiger charge is 2.32. The predicted octanol–water partition coefficient (Wildman–Crippen LogP) is 6.90. The SMILES string of the molecule is CC(C)(C)[SiH2]OCCCCC=C(F)CC=C(F)CC(O)(c1ccccc1)c1ccccc1. The maximum absolute atomic E-state index is 14.7. The van der Waals surface area contributed by atoms with Gasteiger partial charge in [0.25, 0.3) is 0 Å². The van der Waals surface area contributed by atoms with Crippen molar-refractivity contribution >= 4 is 9.76 Å². The average molecular weight is 459 g/mol. The van der Waals surface area contributed by atoms with Crippen molar-refractivity contribution in [1.82, 2.24) is 0 Å². The van der Waals surface area contributed by atoms with Crippen molar-refractivity contribution in [2.24, 2.45) is 0 Å². The molecule has 0 amide bonds. The average Bonchev–Trinajstić information content (AvgIpc) is 2.77. The summed E-state index contributed by atoms with van der Waals surface area (Å²) < 4.78 is 34.6. The standard InChI is InChI=1S/C27H36F2O2Si/c1-26(2,3)32-31-20-12-6-11-17-24(28)18-19-25(29)21-27(30,22-13-7-4-8-14-22)23-15-9-5-10-16-23/h4-5,7-10,13-17,19,30H,6,11-12,18,20-21,32H2,1-3H3. The number of allylic oxidation sites excluding steroid dienone is 3. The van der Waals surface area contributed by atoms with E-state index < -0.39 is 21.2 Å². The smallest absolute Gasteiger partial charge is 0.166 e. The lowest BCUT2D eigenvalue weighted by atomic mass is 9.83. The van der Waals surface area contributed by atoms with Crippen LogP contribution in [0.2, 0.25) is 5.04 Å². The monoisotopic (exact) mass is 458 g/mol. The number of rotatable bonds is 12. The van der Waals surface area contributed by atoms with Crippen LogP contribution in [0.1, 0.15) is 64.0 Å². The van der Waals surface area contributed by atoms with Gasteiger partial charge >= 0.3 is 0 Å². The summed E-state index contributed by atoms with van der Waals surface area (Å²) in [6, 6.07) is 18.0. The molecule has 2 aromatic rings. The van der Waals surface area contributed by atoms with Gasteiger partial charge in [0.05, 0.1) is 11.7 Å². The lowest BCUT2D eigenvalue weighted by Gasteiger charge is -2.29. The number of aliphatic hydroxyl groups is 1. The summed E-state index contributed by atoms with van der Waals surface area (Å²) in [7, 11) is -0.530. The van der Waals surface area contributed by atoms with Crippen LogP contribution in [0, 0.1) is 0 Å². The molecule has 0 aromatic heterocycles. The van der Waals surface area contributed by atoms with E-state index in [1.807, 2.05) is 36.4 Å². The Balaban J connectivity index is 1.90. The highest BCUT2D eigenvalue weighted by Crippen LogP contribution is 2.36. The van der Waals surface area contributed by atoms with Crippen LogP contribution in [0.3, 0.4) is 0 Å². The zero-order valence-electron chi connectivity index (χ0n) is 19.5. The van der Waals surface area contributed by atoms with Crippen molar-refractivity contribution in [1.29, 1.82) is 0 Å². The molecule has 0 atom stereocenters. The summed E-state index contributed by atoms with van der Waals surface area (Å²) in [5, 5.41) is 11.7. The zero-order valence-corrected chi connectivity index (χ0v) is 20.9. The minimum absolute atomic E-state index is 0.112. The minimum atomic E-state index is -1.51.